The van der Waals surface area contributed by atoms with Gasteiger partial charge in [-0.3, -0.25) is 0 Å². The van der Waals surface area contributed by atoms with E-state index in [1.165, 1.54) is 12.1 Å². The first-order chi connectivity index (χ1) is 9.04. The molecule has 1 unspecified atom stereocenters. The van der Waals surface area contributed by atoms with Crippen molar-refractivity contribution in [1.82, 2.24) is 0 Å². The molecule has 2 rings (SSSR count). The van der Waals surface area contributed by atoms with Crippen molar-refractivity contribution in [1.29, 1.82) is 0 Å². The van der Waals surface area contributed by atoms with E-state index in [0.29, 0.717) is 16.0 Å². The highest BCUT2D eigenvalue weighted by Gasteiger charge is 2.05. The smallest absolute Gasteiger partial charge is 0.144 e. The van der Waals surface area contributed by atoms with Crippen molar-refractivity contribution in [2.45, 2.75) is 19.4 Å². The molecule has 4 heteroatoms. The minimum absolute atomic E-state index is 0.129. The molecule has 0 spiro atoms. The molecule has 0 bridgehead atoms. The highest BCUT2D eigenvalue weighted by Crippen LogP contribution is 2.30. The second-order valence-corrected chi connectivity index (χ2v) is 5.36. The molecule has 0 saturated heterocycles. The van der Waals surface area contributed by atoms with Crippen LogP contribution < -0.4 is 10.5 Å². The number of nitrogens with two attached hydrogens (primary N) is 1. The fourth-order valence-corrected chi connectivity index (χ4v) is 2.08. The van der Waals surface area contributed by atoms with Gasteiger partial charge in [0.25, 0.3) is 0 Å². The topological polar surface area (TPSA) is 35.2 Å². The van der Waals surface area contributed by atoms with Crippen molar-refractivity contribution in [3.05, 3.63) is 58.3 Å². The van der Waals surface area contributed by atoms with E-state index in [0.717, 1.165) is 12.0 Å². The molecule has 0 fully saturated rings. The SMILES string of the molecule is CC(N)Cc1ccc(Oc2cc(F)ccc2Br)cc1. The lowest BCUT2D eigenvalue weighted by Crippen LogP contribution is -2.17. The zero-order valence-electron chi connectivity index (χ0n) is 10.6. The zero-order chi connectivity index (χ0) is 13.8. The first-order valence-electron chi connectivity index (χ1n) is 6.02. The third-order valence-electron chi connectivity index (χ3n) is 2.60. The second kappa shape index (κ2) is 6.17. The maximum Gasteiger partial charge on any atom is 0.144 e. The van der Waals surface area contributed by atoms with Crippen LogP contribution in [-0.4, -0.2) is 6.04 Å². The van der Waals surface area contributed by atoms with Crippen molar-refractivity contribution in [3.63, 3.8) is 0 Å². The molecule has 2 N–H and O–H groups in total. The lowest BCUT2D eigenvalue weighted by Gasteiger charge is -2.09. The van der Waals surface area contributed by atoms with E-state index in [4.69, 9.17) is 10.5 Å². The minimum atomic E-state index is -0.327. The zero-order valence-corrected chi connectivity index (χ0v) is 12.2. The van der Waals surface area contributed by atoms with Crippen LogP contribution in [0.3, 0.4) is 0 Å². The van der Waals surface area contributed by atoms with Crippen LogP contribution in [0.5, 0.6) is 11.5 Å². The predicted octanol–water partition coefficient (Wildman–Crippen LogP) is 4.27. The van der Waals surface area contributed by atoms with Gasteiger partial charge in [0.1, 0.15) is 17.3 Å². The van der Waals surface area contributed by atoms with Gasteiger partial charge in [0.2, 0.25) is 0 Å². The van der Waals surface area contributed by atoms with Gasteiger partial charge in [-0.05, 0) is 59.1 Å². The van der Waals surface area contributed by atoms with Crippen LogP contribution in [-0.2, 0) is 6.42 Å². The second-order valence-electron chi connectivity index (χ2n) is 4.50. The van der Waals surface area contributed by atoms with Gasteiger partial charge in [-0.15, -0.1) is 0 Å². The van der Waals surface area contributed by atoms with Gasteiger partial charge >= 0.3 is 0 Å². The first-order valence-corrected chi connectivity index (χ1v) is 6.81. The lowest BCUT2D eigenvalue weighted by atomic mass is 10.1. The molecule has 19 heavy (non-hydrogen) atoms. The van der Waals surface area contributed by atoms with Crippen molar-refractivity contribution in [2.75, 3.05) is 0 Å². The lowest BCUT2D eigenvalue weighted by molar-refractivity contribution is 0.473. The van der Waals surface area contributed by atoms with E-state index in [1.54, 1.807) is 6.07 Å². The molecule has 2 aromatic rings. The fraction of sp³-hybridized carbons (Fsp3) is 0.200. The van der Waals surface area contributed by atoms with Gasteiger partial charge in [0.05, 0.1) is 4.47 Å². The number of hydrogen-bond donors (Lipinski definition) is 1. The van der Waals surface area contributed by atoms with Crippen molar-refractivity contribution in [3.8, 4) is 11.5 Å². The summed E-state index contributed by atoms with van der Waals surface area (Å²) in [5.41, 5.74) is 6.90. The predicted molar refractivity (Wildman–Crippen MR) is 78.0 cm³/mol. The Bertz CT molecular complexity index is 555. The van der Waals surface area contributed by atoms with Crippen LogP contribution in [0, 0.1) is 5.82 Å². The van der Waals surface area contributed by atoms with E-state index in [2.05, 4.69) is 15.9 Å². The third-order valence-corrected chi connectivity index (χ3v) is 3.26. The van der Waals surface area contributed by atoms with E-state index in [9.17, 15) is 4.39 Å². The Hall–Kier alpha value is -1.39. The van der Waals surface area contributed by atoms with Crippen LogP contribution in [0.1, 0.15) is 12.5 Å². The number of rotatable bonds is 4. The Kier molecular flexibility index (Phi) is 4.56. The molecule has 0 radical (unpaired) electrons. The van der Waals surface area contributed by atoms with Gasteiger partial charge in [-0.25, -0.2) is 4.39 Å². The molecule has 0 aliphatic heterocycles. The molecule has 0 aromatic heterocycles. The van der Waals surface area contributed by atoms with Crippen LogP contribution in [0.25, 0.3) is 0 Å². The maximum absolute atomic E-state index is 13.1. The standard InChI is InChI=1S/C15H15BrFNO/c1-10(18)8-11-2-5-13(6-3-11)19-15-9-12(17)4-7-14(15)16/h2-7,9-10H,8,18H2,1H3. The first kappa shape index (κ1) is 14.0. The average molecular weight is 324 g/mol. The number of benzene rings is 2. The van der Waals surface area contributed by atoms with Gasteiger partial charge in [-0.2, -0.15) is 0 Å². The Balaban J connectivity index is 2.13. The van der Waals surface area contributed by atoms with Crippen LogP contribution in [0.4, 0.5) is 4.39 Å². The highest BCUT2D eigenvalue weighted by atomic mass is 79.9. The summed E-state index contributed by atoms with van der Waals surface area (Å²) < 4.78 is 19.5. The Labute approximate surface area is 120 Å². The van der Waals surface area contributed by atoms with E-state index < -0.39 is 0 Å². The van der Waals surface area contributed by atoms with E-state index >= 15 is 0 Å². The highest BCUT2D eigenvalue weighted by molar-refractivity contribution is 9.10. The molecule has 100 valence electrons. The molecule has 0 amide bonds. The molecule has 0 aliphatic carbocycles. The van der Waals surface area contributed by atoms with Crippen molar-refractivity contribution >= 4 is 15.9 Å². The summed E-state index contributed by atoms with van der Waals surface area (Å²) >= 11 is 3.33. The molecule has 2 nitrogen and oxygen atoms in total. The summed E-state index contributed by atoms with van der Waals surface area (Å²) in [5.74, 6) is 0.798. The Morgan fingerprint density at radius 2 is 1.89 bits per heavy atom. The summed E-state index contributed by atoms with van der Waals surface area (Å²) in [6.45, 7) is 1.97. The molecular weight excluding hydrogens is 309 g/mol. The summed E-state index contributed by atoms with van der Waals surface area (Å²) in [4.78, 5) is 0. The summed E-state index contributed by atoms with van der Waals surface area (Å²) in [5, 5.41) is 0. The van der Waals surface area contributed by atoms with Gasteiger partial charge < -0.3 is 10.5 Å². The third kappa shape index (κ3) is 4.04. The number of halogens is 2. The van der Waals surface area contributed by atoms with Gasteiger partial charge in [-0.1, -0.05) is 12.1 Å². The summed E-state index contributed by atoms with van der Waals surface area (Å²) in [6, 6.07) is 12.1. The number of hydrogen-bond acceptors (Lipinski definition) is 2. The Morgan fingerprint density at radius 3 is 2.53 bits per heavy atom. The molecule has 2 aromatic carbocycles. The number of ether oxygens (including phenoxy) is 1. The van der Waals surface area contributed by atoms with Crippen LogP contribution in [0.15, 0.2) is 46.9 Å². The molecular formula is C15H15BrFNO. The van der Waals surface area contributed by atoms with Crippen LogP contribution in [0.2, 0.25) is 0 Å². The van der Waals surface area contributed by atoms with Crippen molar-refractivity contribution in [2.24, 2.45) is 5.73 Å². The molecule has 1 atom stereocenters. The van der Waals surface area contributed by atoms with Gasteiger partial charge in [0, 0.05) is 12.1 Å². The molecule has 0 heterocycles. The molecule has 0 aliphatic rings. The van der Waals surface area contributed by atoms with E-state index in [1.807, 2.05) is 31.2 Å². The van der Waals surface area contributed by atoms with Gasteiger partial charge in [0.15, 0.2) is 0 Å². The summed E-state index contributed by atoms with van der Waals surface area (Å²) in [6.07, 6.45) is 0.823. The maximum atomic E-state index is 13.1. The van der Waals surface area contributed by atoms with Crippen LogP contribution >= 0.6 is 15.9 Å². The quantitative estimate of drug-likeness (QED) is 0.911. The largest absolute Gasteiger partial charge is 0.456 e. The van der Waals surface area contributed by atoms with E-state index in [-0.39, 0.29) is 11.9 Å². The Morgan fingerprint density at radius 1 is 1.21 bits per heavy atom. The fourth-order valence-electron chi connectivity index (χ4n) is 1.75. The minimum Gasteiger partial charge on any atom is -0.456 e. The van der Waals surface area contributed by atoms with Crippen molar-refractivity contribution < 1.29 is 9.13 Å². The normalized spacial score (nSPS) is 12.2. The summed E-state index contributed by atoms with van der Waals surface area (Å²) in [7, 11) is 0. The average Bonchev–Trinajstić information content (AvgIpc) is 2.35. The molecule has 0 saturated carbocycles. The monoisotopic (exact) mass is 323 g/mol.